The molecule has 2 aromatic rings. The predicted octanol–water partition coefficient (Wildman–Crippen LogP) is 1.26. The first-order chi connectivity index (χ1) is 10.1. The molecule has 1 fully saturated rings. The third-order valence-electron chi connectivity index (χ3n) is 3.92. The molecule has 1 saturated heterocycles. The number of aromatic nitrogens is 2. The van der Waals surface area contributed by atoms with Gasteiger partial charge in [0.05, 0.1) is 12.1 Å². The third-order valence-corrected chi connectivity index (χ3v) is 3.92. The van der Waals surface area contributed by atoms with Crippen LogP contribution in [0.4, 0.5) is 0 Å². The van der Waals surface area contributed by atoms with Crippen molar-refractivity contribution in [2.45, 2.75) is 32.2 Å². The van der Waals surface area contributed by atoms with E-state index >= 15 is 0 Å². The molecular formula is C15H17N3O3. The zero-order valence-electron chi connectivity index (χ0n) is 11.8. The Balaban J connectivity index is 1.80. The number of carboxylic acids is 1. The van der Waals surface area contributed by atoms with Gasteiger partial charge in [0.1, 0.15) is 11.7 Å². The molecule has 2 aromatic heterocycles. The van der Waals surface area contributed by atoms with Crippen molar-refractivity contribution in [1.29, 1.82) is 0 Å². The summed E-state index contributed by atoms with van der Waals surface area (Å²) in [7, 11) is 0. The lowest BCUT2D eigenvalue weighted by Gasteiger charge is -2.20. The zero-order valence-corrected chi connectivity index (χ0v) is 11.8. The number of pyridine rings is 1. The van der Waals surface area contributed by atoms with Crippen molar-refractivity contribution in [2.24, 2.45) is 0 Å². The molecule has 1 aliphatic rings. The van der Waals surface area contributed by atoms with Gasteiger partial charge in [0, 0.05) is 18.9 Å². The summed E-state index contributed by atoms with van der Waals surface area (Å²) >= 11 is 0. The number of aliphatic carboxylic acids is 1. The summed E-state index contributed by atoms with van der Waals surface area (Å²) in [6, 6.07) is 3.21. The van der Waals surface area contributed by atoms with E-state index < -0.39 is 12.0 Å². The molecule has 1 N–H and O–H groups in total. The number of carbonyl (C=O) groups is 2. The number of rotatable bonds is 3. The third kappa shape index (κ3) is 2.49. The summed E-state index contributed by atoms with van der Waals surface area (Å²) in [5.74, 6) is -1.09. The van der Waals surface area contributed by atoms with Gasteiger partial charge < -0.3 is 14.4 Å². The molecule has 6 nitrogen and oxygen atoms in total. The molecule has 3 heterocycles. The summed E-state index contributed by atoms with van der Waals surface area (Å²) in [6.07, 6.45) is 5.13. The average Bonchev–Trinajstić information content (AvgIpc) is 3.04. The molecule has 6 heteroatoms. The number of amides is 1. The quantitative estimate of drug-likeness (QED) is 0.922. The van der Waals surface area contributed by atoms with Crippen molar-refractivity contribution in [2.75, 3.05) is 6.54 Å². The minimum absolute atomic E-state index is 0.144. The van der Waals surface area contributed by atoms with Crippen molar-refractivity contribution in [3.63, 3.8) is 0 Å². The molecule has 1 amide bonds. The second-order valence-electron chi connectivity index (χ2n) is 5.41. The Morgan fingerprint density at radius 3 is 3.00 bits per heavy atom. The van der Waals surface area contributed by atoms with Crippen LogP contribution in [-0.2, 0) is 16.0 Å². The Hall–Kier alpha value is -2.37. The molecule has 1 aliphatic heterocycles. The summed E-state index contributed by atoms with van der Waals surface area (Å²) in [4.78, 5) is 29.4. The highest BCUT2D eigenvalue weighted by atomic mass is 16.4. The fourth-order valence-electron chi connectivity index (χ4n) is 2.87. The molecule has 110 valence electrons. The molecule has 21 heavy (non-hydrogen) atoms. The van der Waals surface area contributed by atoms with Crippen LogP contribution in [0.5, 0.6) is 0 Å². The standard InChI is InChI=1S/C15H17N3O3/c1-10-4-2-6-17-9-11(16-14(10)17)8-13(19)18-7-3-5-12(18)15(20)21/h2,4,6,9,12H,3,5,7-8H2,1H3,(H,20,21). The van der Waals surface area contributed by atoms with Gasteiger partial charge in [-0.3, -0.25) is 4.79 Å². The lowest BCUT2D eigenvalue weighted by molar-refractivity contribution is -0.148. The first kappa shape index (κ1) is 13.6. The van der Waals surface area contributed by atoms with Crippen LogP contribution in [0.15, 0.2) is 24.5 Å². The number of hydrogen-bond acceptors (Lipinski definition) is 3. The van der Waals surface area contributed by atoms with Gasteiger partial charge in [-0.05, 0) is 31.4 Å². The fraction of sp³-hybridized carbons (Fsp3) is 0.400. The van der Waals surface area contributed by atoms with E-state index in [0.717, 1.165) is 17.6 Å². The maximum Gasteiger partial charge on any atom is 0.326 e. The largest absolute Gasteiger partial charge is 0.480 e. The second-order valence-corrected chi connectivity index (χ2v) is 5.41. The monoisotopic (exact) mass is 287 g/mol. The van der Waals surface area contributed by atoms with Crippen LogP contribution >= 0.6 is 0 Å². The molecule has 0 bridgehead atoms. The van der Waals surface area contributed by atoms with Gasteiger partial charge in [-0.25, -0.2) is 9.78 Å². The van der Waals surface area contributed by atoms with Crippen LogP contribution in [0, 0.1) is 6.92 Å². The maximum absolute atomic E-state index is 12.3. The fourth-order valence-corrected chi connectivity index (χ4v) is 2.87. The Bertz CT molecular complexity index is 707. The van der Waals surface area contributed by atoms with E-state index in [1.54, 1.807) is 0 Å². The lowest BCUT2D eigenvalue weighted by Crippen LogP contribution is -2.41. The number of aryl methyl sites for hydroxylation is 1. The average molecular weight is 287 g/mol. The number of likely N-dealkylation sites (tertiary alicyclic amines) is 1. The van der Waals surface area contributed by atoms with Crippen molar-refractivity contribution in [3.05, 3.63) is 35.8 Å². The summed E-state index contributed by atoms with van der Waals surface area (Å²) in [5, 5.41) is 9.14. The topological polar surface area (TPSA) is 74.9 Å². The molecule has 0 spiro atoms. The van der Waals surface area contributed by atoms with Gasteiger partial charge in [-0.15, -0.1) is 0 Å². The molecular weight excluding hydrogens is 270 g/mol. The van der Waals surface area contributed by atoms with E-state index in [4.69, 9.17) is 5.11 Å². The Labute approximate surface area is 122 Å². The molecule has 0 radical (unpaired) electrons. The van der Waals surface area contributed by atoms with E-state index in [2.05, 4.69) is 4.98 Å². The number of nitrogens with zero attached hydrogens (tertiary/aromatic N) is 3. The Morgan fingerprint density at radius 2 is 2.29 bits per heavy atom. The van der Waals surface area contributed by atoms with Crippen molar-refractivity contribution >= 4 is 17.5 Å². The highest BCUT2D eigenvalue weighted by Gasteiger charge is 2.33. The van der Waals surface area contributed by atoms with E-state index in [0.29, 0.717) is 18.7 Å². The van der Waals surface area contributed by atoms with Gasteiger partial charge in [-0.1, -0.05) is 6.07 Å². The smallest absolute Gasteiger partial charge is 0.326 e. The molecule has 0 aromatic carbocycles. The zero-order chi connectivity index (χ0) is 15.0. The van der Waals surface area contributed by atoms with E-state index in [-0.39, 0.29) is 12.3 Å². The second kappa shape index (κ2) is 5.20. The summed E-state index contributed by atoms with van der Waals surface area (Å²) in [6.45, 7) is 2.48. The van der Waals surface area contributed by atoms with Crippen LogP contribution in [0.1, 0.15) is 24.1 Å². The molecule has 1 unspecified atom stereocenters. The highest BCUT2D eigenvalue weighted by Crippen LogP contribution is 2.19. The normalized spacial score (nSPS) is 18.3. The first-order valence-electron chi connectivity index (χ1n) is 7.02. The Morgan fingerprint density at radius 1 is 1.48 bits per heavy atom. The maximum atomic E-state index is 12.3. The minimum Gasteiger partial charge on any atom is -0.480 e. The number of hydrogen-bond donors (Lipinski definition) is 1. The number of carbonyl (C=O) groups excluding carboxylic acids is 1. The SMILES string of the molecule is Cc1cccn2cc(CC(=O)N3CCCC3C(=O)O)nc12. The molecule has 0 aliphatic carbocycles. The predicted molar refractivity (Wildman–Crippen MR) is 76.0 cm³/mol. The van der Waals surface area contributed by atoms with E-state index in [1.807, 2.05) is 35.9 Å². The van der Waals surface area contributed by atoms with Gasteiger partial charge in [-0.2, -0.15) is 0 Å². The summed E-state index contributed by atoms with van der Waals surface area (Å²) < 4.78 is 1.89. The minimum atomic E-state index is -0.924. The van der Waals surface area contributed by atoms with Gasteiger partial charge in [0.2, 0.25) is 5.91 Å². The van der Waals surface area contributed by atoms with Crippen LogP contribution < -0.4 is 0 Å². The number of carboxylic acid groups (broad SMARTS) is 1. The van der Waals surface area contributed by atoms with Crippen molar-refractivity contribution in [1.82, 2.24) is 14.3 Å². The van der Waals surface area contributed by atoms with Gasteiger partial charge >= 0.3 is 5.97 Å². The van der Waals surface area contributed by atoms with E-state index in [1.165, 1.54) is 4.90 Å². The lowest BCUT2D eigenvalue weighted by atomic mass is 10.2. The van der Waals surface area contributed by atoms with Gasteiger partial charge in [0.15, 0.2) is 0 Å². The summed E-state index contributed by atoms with van der Waals surface area (Å²) in [5.41, 5.74) is 2.54. The Kier molecular flexibility index (Phi) is 3.37. The van der Waals surface area contributed by atoms with Crippen LogP contribution in [-0.4, -0.2) is 43.9 Å². The molecule has 1 atom stereocenters. The highest BCUT2D eigenvalue weighted by molar-refractivity contribution is 5.85. The van der Waals surface area contributed by atoms with Crippen LogP contribution in [0.2, 0.25) is 0 Å². The molecule has 3 rings (SSSR count). The first-order valence-corrected chi connectivity index (χ1v) is 7.02. The number of fused-ring (bicyclic) bond motifs is 1. The molecule has 0 saturated carbocycles. The van der Waals surface area contributed by atoms with Crippen molar-refractivity contribution in [3.8, 4) is 0 Å². The van der Waals surface area contributed by atoms with Gasteiger partial charge in [0.25, 0.3) is 0 Å². The van der Waals surface area contributed by atoms with Crippen molar-refractivity contribution < 1.29 is 14.7 Å². The number of imidazole rings is 1. The van der Waals surface area contributed by atoms with E-state index in [9.17, 15) is 9.59 Å². The van der Waals surface area contributed by atoms with Crippen LogP contribution in [0.25, 0.3) is 5.65 Å². The van der Waals surface area contributed by atoms with Crippen LogP contribution in [0.3, 0.4) is 0 Å².